The second-order valence-corrected chi connectivity index (χ2v) is 12.3. The number of nitrogens with one attached hydrogen (secondary N) is 1. The number of likely N-dealkylation sites (tertiary alicyclic amines) is 1. The lowest BCUT2D eigenvalue weighted by Crippen LogP contribution is -2.77. The molecule has 0 saturated carbocycles. The monoisotopic (exact) mass is 678 g/mol. The van der Waals surface area contributed by atoms with E-state index in [2.05, 4.69) is 5.32 Å². The van der Waals surface area contributed by atoms with Crippen LogP contribution in [-0.4, -0.2) is 63.4 Å². The smallest absolute Gasteiger partial charge is 0.408 e. The van der Waals surface area contributed by atoms with Crippen LogP contribution in [0.2, 0.25) is 0 Å². The van der Waals surface area contributed by atoms with Crippen molar-refractivity contribution in [2.75, 3.05) is 0 Å². The third-order valence-corrected chi connectivity index (χ3v) is 9.07. The summed E-state index contributed by atoms with van der Waals surface area (Å²) < 4.78 is 66.5. The molecule has 0 aliphatic carbocycles. The van der Waals surface area contributed by atoms with E-state index in [9.17, 15) is 19.8 Å². The fraction of sp³-hybridized carbons (Fsp3) is 0.316. The molecule has 11 heteroatoms. The van der Waals surface area contributed by atoms with Gasteiger partial charge in [-0.25, -0.2) is 22.4 Å². The highest BCUT2D eigenvalue weighted by Crippen LogP contribution is 2.48. The highest BCUT2D eigenvalue weighted by molar-refractivity contribution is 5.87. The van der Waals surface area contributed by atoms with E-state index in [1.165, 1.54) is 0 Å². The van der Waals surface area contributed by atoms with E-state index in [-0.39, 0.29) is 19.4 Å². The quantitative estimate of drug-likeness (QED) is 0.156. The fourth-order valence-electron chi connectivity index (χ4n) is 6.55. The number of hydrogen-bond donors (Lipinski definition) is 3. The van der Waals surface area contributed by atoms with Gasteiger partial charge in [0.15, 0.2) is 0 Å². The zero-order chi connectivity index (χ0) is 35.0. The van der Waals surface area contributed by atoms with Gasteiger partial charge in [-0.15, -0.1) is 0 Å². The van der Waals surface area contributed by atoms with Gasteiger partial charge >= 0.3 is 6.09 Å². The molecule has 1 aliphatic rings. The number of benzene rings is 4. The van der Waals surface area contributed by atoms with Gasteiger partial charge in [0, 0.05) is 12.3 Å². The summed E-state index contributed by atoms with van der Waals surface area (Å²) in [5.74, 6) is -3.01. The Labute approximate surface area is 282 Å². The molecule has 7 nitrogen and oxygen atoms in total. The zero-order valence-electron chi connectivity index (χ0n) is 26.5. The van der Waals surface area contributed by atoms with Crippen molar-refractivity contribution < 1.29 is 42.1 Å². The van der Waals surface area contributed by atoms with Crippen molar-refractivity contribution in [3.05, 3.63) is 144 Å². The topological polar surface area (TPSA) is 99.1 Å². The highest BCUT2D eigenvalue weighted by atomic mass is 19.3. The number of piperidine rings is 1. The van der Waals surface area contributed by atoms with E-state index in [4.69, 9.17) is 4.74 Å². The van der Waals surface area contributed by atoms with E-state index >= 15 is 17.6 Å². The summed E-state index contributed by atoms with van der Waals surface area (Å²) in [6.45, 7) is -0.176. The Kier molecular flexibility index (Phi) is 11.4. The molecule has 4 aromatic carbocycles. The molecule has 0 spiro atoms. The summed E-state index contributed by atoms with van der Waals surface area (Å²) in [5, 5.41) is 26.4. The maximum atomic E-state index is 15.5. The Morgan fingerprint density at radius 2 is 1.18 bits per heavy atom. The van der Waals surface area contributed by atoms with Crippen LogP contribution in [0.4, 0.5) is 22.4 Å². The predicted molar refractivity (Wildman–Crippen MR) is 175 cm³/mol. The molecule has 0 radical (unpaired) electrons. The average molecular weight is 679 g/mol. The molecule has 5 rings (SSSR count). The van der Waals surface area contributed by atoms with Crippen molar-refractivity contribution in [1.29, 1.82) is 0 Å². The normalized spacial score (nSPS) is 22.9. The van der Waals surface area contributed by atoms with Crippen LogP contribution in [-0.2, 0) is 35.4 Å². The minimum Gasteiger partial charge on any atom is -0.445 e. The van der Waals surface area contributed by atoms with Crippen LogP contribution in [0, 0.1) is 5.92 Å². The Hall–Kier alpha value is -4.74. The van der Waals surface area contributed by atoms with E-state index in [0.717, 1.165) is 0 Å². The molecule has 1 fully saturated rings. The van der Waals surface area contributed by atoms with Gasteiger partial charge in [-0.3, -0.25) is 4.79 Å². The molecule has 2 amide bonds. The van der Waals surface area contributed by atoms with Gasteiger partial charge in [0.05, 0.1) is 6.04 Å². The molecule has 1 aliphatic heterocycles. The van der Waals surface area contributed by atoms with E-state index < -0.39 is 67.0 Å². The van der Waals surface area contributed by atoms with Crippen LogP contribution in [0.3, 0.4) is 0 Å². The fourth-order valence-corrected chi connectivity index (χ4v) is 6.55. The minimum atomic E-state index is -3.65. The minimum absolute atomic E-state index is 0.176. The summed E-state index contributed by atoms with van der Waals surface area (Å²) in [7, 11) is 0. The van der Waals surface area contributed by atoms with Crippen molar-refractivity contribution >= 4 is 12.0 Å². The van der Waals surface area contributed by atoms with Gasteiger partial charge in [-0.2, -0.15) is 0 Å². The largest absolute Gasteiger partial charge is 0.445 e. The number of alkyl carbamates (subject to hydrolysis) is 1. The zero-order valence-corrected chi connectivity index (χ0v) is 26.5. The molecule has 0 bridgehead atoms. The third kappa shape index (κ3) is 8.12. The first-order valence-electron chi connectivity index (χ1n) is 16.0. The molecule has 1 heterocycles. The Balaban J connectivity index is 1.60. The predicted octanol–water partition coefficient (Wildman–Crippen LogP) is 6.18. The SMILES string of the molecule is O=C(NC(Cc1ccccc1)C(=O)N1C(Cc2ccccc2)C(O)(C(F)F)CC(Cc2ccccc2)C1(O)C(F)F)OCc1ccccc1. The van der Waals surface area contributed by atoms with Gasteiger partial charge < -0.3 is 25.2 Å². The van der Waals surface area contributed by atoms with Crippen LogP contribution in [0.15, 0.2) is 121 Å². The molecular weight excluding hydrogens is 640 g/mol. The van der Waals surface area contributed by atoms with Gasteiger partial charge in [0.1, 0.15) is 18.2 Å². The summed E-state index contributed by atoms with van der Waals surface area (Å²) in [6.07, 6.45) is -10.2. The number of alkyl halides is 4. The lowest BCUT2D eigenvalue weighted by molar-refractivity contribution is -0.298. The van der Waals surface area contributed by atoms with E-state index in [0.29, 0.717) is 27.2 Å². The second-order valence-electron chi connectivity index (χ2n) is 12.3. The Morgan fingerprint density at radius 3 is 1.67 bits per heavy atom. The van der Waals surface area contributed by atoms with Crippen LogP contribution in [0.25, 0.3) is 0 Å². The first-order chi connectivity index (χ1) is 23.5. The van der Waals surface area contributed by atoms with Gasteiger partial charge in [0.25, 0.3) is 12.9 Å². The molecule has 4 aromatic rings. The number of amides is 2. The van der Waals surface area contributed by atoms with Crippen LogP contribution in [0.1, 0.15) is 28.7 Å². The molecule has 5 atom stereocenters. The number of rotatable bonds is 12. The maximum Gasteiger partial charge on any atom is 0.408 e. The first-order valence-corrected chi connectivity index (χ1v) is 16.0. The molecule has 0 aromatic heterocycles. The molecule has 258 valence electrons. The number of aliphatic hydroxyl groups is 2. The second kappa shape index (κ2) is 15.7. The van der Waals surface area contributed by atoms with Crippen molar-refractivity contribution in [3.8, 4) is 0 Å². The van der Waals surface area contributed by atoms with Crippen LogP contribution < -0.4 is 5.32 Å². The van der Waals surface area contributed by atoms with Crippen molar-refractivity contribution in [3.63, 3.8) is 0 Å². The van der Waals surface area contributed by atoms with Crippen LogP contribution in [0.5, 0.6) is 0 Å². The number of carbonyl (C=O) groups excluding carboxylic acids is 2. The summed E-state index contributed by atoms with van der Waals surface area (Å²) in [4.78, 5) is 28.2. The first kappa shape index (κ1) is 35.6. The molecular formula is C38H38F4N2O5. The van der Waals surface area contributed by atoms with Crippen LogP contribution >= 0.6 is 0 Å². The Morgan fingerprint density at radius 1 is 0.714 bits per heavy atom. The lowest BCUT2D eigenvalue weighted by atomic mass is 9.69. The standard InChI is InChI=1S/C38H38F4N2O5/c39-34(40)37(47)24-30(21-26-13-5-1-6-14-26)38(48,35(41)42)44(32(37)23-28-17-9-3-10-18-28)33(45)31(22-27-15-7-2-8-16-27)43-36(46)49-25-29-19-11-4-12-20-29/h1-20,30-32,34-35,47-48H,21-25H2,(H,43,46). The molecule has 5 unspecified atom stereocenters. The number of carbonyl (C=O) groups is 2. The van der Waals surface area contributed by atoms with Crippen molar-refractivity contribution in [1.82, 2.24) is 10.2 Å². The van der Waals surface area contributed by atoms with Gasteiger partial charge in [0.2, 0.25) is 11.6 Å². The maximum absolute atomic E-state index is 15.5. The number of hydrogen-bond acceptors (Lipinski definition) is 5. The third-order valence-electron chi connectivity index (χ3n) is 9.07. The van der Waals surface area contributed by atoms with E-state index in [1.54, 1.807) is 121 Å². The summed E-state index contributed by atoms with van der Waals surface area (Å²) in [6, 6.07) is 29.4. The molecule has 49 heavy (non-hydrogen) atoms. The molecule has 1 saturated heterocycles. The summed E-state index contributed by atoms with van der Waals surface area (Å²) >= 11 is 0. The molecule has 3 N–H and O–H groups in total. The number of halogens is 4. The van der Waals surface area contributed by atoms with Crippen molar-refractivity contribution in [2.45, 2.75) is 68.6 Å². The number of nitrogens with zero attached hydrogens (tertiary/aromatic N) is 1. The number of ether oxygens (including phenoxy) is 1. The van der Waals surface area contributed by atoms with E-state index in [1.807, 2.05) is 0 Å². The average Bonchev–Trinajstić information content (AvgIpc) is 3.10. The lowest BCUT2D eigenvalue weighted by Gasteiger charge is -2.58. The van der Waals surface area contributed by atoms with Crippen molar-refractivity contribution in [2.24, 2.45) is 5.92 Å². The van der Waals surface area contributed by atoms with Gasteiger partial charge in [-0.05, 0) is 41.5 Å². The van der Waals surface area contributed by atoms with Gasteiger partial charge in [-0.1, -0.05) is 121 Å². The Bertz CT molecular complexity index is 1650. The highest BCUT2D eigenvalue weighted by Gasteiger charge is 2.66. The summed E-state index contributed by atoms with van der Waals surface area (Å²) in [5.41, 5.74) is -4.40.